The van der Waals surface area contributed by atoms with E-state index in [9.17, 15) is 9.59 Å². The maximum atomic E-state index is 11.8. The summed E-state index contributed by atoms with van der Waals surface area (Å²) >= 11 is 0. The molecule has 3 unspecified atom stereocenters. The van der Waals surface area contributed by atoms with Crippen molar-refractivity contribution < 1.29 is 19.1 Å². The molecule has 5 heteroatoms. The first kappa shape index (κ1) is 19.9. The first-order valence-electron chi connectivity index (χ1n) is 7.77. The molecule has 21 heavy (non-hydrogen) atoms. The number of hydrogen-bond acceptors (Lipinski definition) is 5. The summed E-state index contributed by atoms with van der Waals surface area (Å²) in [5, 5.41) is 0. The molecule has 0 radical (unpaired) electrons. The van der Waals surface area contributed by atoms with Gasteiger partial charge in [0.25, 0.3) is 0 Å². The van der Waals surface area contributed by atoms with Gasteiger partial charge in [-0.3, -0.25) is 9.59 Å². The van der Waals surface area contributed by atoms with Crippen molar-refractivity contribution in [3.8, 4) is 0 Å². The Bertz CT molecular complexity index is 317. The van der Waals surface area contributed by atoms with E-state index in [4.69, 9.17) is 10.5 Å². The maximum Gasteiger partial charge on any atom is 0.326 e. The molecule has 0 saturated carbocycles. The molecule has 0 saturated heterocycles. The second-order valence-corrected chi connectivity index (χ2v) is 6.33. The predicted molar refractivity (Wildman–Crippen MR) is 82.6 cm³/mol. The van der Waals surface area contributed by atoms with Gasteiger partial charge in [0, 0.05) is 0 Å². The lowest BCUT2D eigenvalue weighted by Gasteiger charge is -2.16. The van der Waals surface area contributed by atoms with E-state index in [1.165, 1.54) is 13.5 Å². The highest BCUT2D eigenvalue weighted by Crippen LogP contribution is 2.19. The number of esters is 2. The van der Waals surface area contributed by atoms with E-state index in [0.717, 1.165) is 19.3 Å². The van der Waals surface area contributed by atoms with Gasteiger partial charge in [-0.05, 0) is 24.7 Å². The summed E-state index contributed by atoms with van der Waals surface area (Å²) in [4.78, 5) is 22.9. The summed E-state index contributed by atoms with van der Waals surface area (Å²) in [6.45, 7) is 8.42. The molecule has 0 aromatic carbocycles. The van der Waals surface area contributed by atoms with Gasteiger partial charge in [0.2, 0.25) is 0 Å². The minimum Gasteiger partial charge on any atom is -0.468 e. The quantitative estimate of drug-likeness (QED) is 0.627. The average Bonchev–Trinajstić information content (AvgIpc) is 2.42. The van der Waals surface area contributed by atoms with Crippen LogP contribution < -0.4 is 5.73 Å². The van der Waals surface area contributed by atoms with Crippen LogP contribution in [0.5, 0.6) is 0 Å². The molecular weight excluding hydrogens is 270 g/mol. The van der Waals surface area contributed by atoms with Gasteiger partial charge >= 0.3 is 11.9 Å². The highest BCUT2D eigenvalue weighted by molar-refractivity contribution is 5.76. The second kappa shape index (κ2) is 10.6. The van der Waals surface area contributed by atoms with E-state index in [2.05, 4.69) is 25.5 Å². The van der Waals surface area contributed by atoms with Crippen molar-refractivity contribution in [2.45, 2.75) is 59.4 Å². The zero-order valence-electron chi connectivity index (χ0n) is 14.1. The molecule has 5 nitrogen and oxygen atoms in total. The summed E-state index contributed by atoms with van der Waals surface area (Å²) in [6, 6.07) is -0.905. The first-order valence-corrected chi connectivity index (χ1v) is 7.77. The van der Waals surface area contributed by atoms with Crippen LogP contribution in [0.2, 0.25) is 0 Å². The number of methoxy groups -OCH3 is 1. The summed E-state index contributed by atoms with van der Waals surface area (Å²) in [5.74, 6) is 0.355. The molecule has 0 aliphatic heterocycles. The number of ether oxygens (including phenoxy) is 2. The van der Waals surface area contributed by atoms with Crippen LogP contribution in [0.25, 0.3) is 0 Å². The second-order valence-electron chi connectivity index (χ2n) is 6.33. The highest BCUT2D eigenvalue weighted by Gasteiger charge is 2.19. The fraction of sp³-hybridized carbons (Fsp3) is 0.875. The third kappa shape index (κ3) is 9.45. The van der Waals surface area contributed by atoms with Gasteiger partial charge in [0.05, 0.1) is 13.0 Å². The smallest absolute Gasteiger partial charge is 0.326 e. The first-order chi connectivity index (χ1) is 9.77. The maximum absolute atomic E-state index is 11.8. The van der Waals surface area contributed by atoms with Crippen molar-refractivity contribution in [2.24, 2.45) is 23.5 Å². The molecule has 0 aromatic heterocycles. The molecule has 0 aliphatic carbocycles. The van der Waals surface area contributed by atoms with E-state index in [-0.39, 0.29) is 18.5 Å². The summed E-state index contributed by atoms with van der Waals surface area (Å²) in [5.41, 5.74) is 5.51. The number of carbonyl (C=O) groups excluding carboxylic acids is 2. The number of nitrogens with two attached hydrogens (primary N) is 1. The summed E-state index contributed by atoms with van der Waals surface area (Å²) in [6.07, 6.45) is 4.15. The molecule has 0 aromatic rings. The Morgan fingerprint density at radius 3 is 2.19 bits per heavy atom. The van der Waals surface area contributed by atoms with Gasteiger partial charge in [-0.15, -0.1) is 0 Å². The van der Waals surface area contributed by atoms with Crippen molar-refractivity contribution in [2.75, 3.05) is 13.7 Å². The lowest BCUT2D eigenvalue weighted by Crippen LogP contribution is -2.37. The average molecular weight is 301 g/mol. The molecule has 0 amide bonds. The van der Waals surface area contributed by atoms with E-state index in [0.29, 0.717) is 11.8 Å². The Morgan fingerprint density at radius 2 is 1.67 bits per heavy atom. The molecule has 0 bridgehead atoms. The topological polar surface area (TPSA) is 78.6 Å². The van der Waals surface area contributed by atoms with Crippen LogP contribution in [0.15, 0.2) is 0 Å². The molecule has 3 atom stereocenters. The van der Waals surface area contributed by atoms with Gasteiger partial charge in [-0.25, -0.2) is 0 Å². The van der Waals surface area contributed by atoms with Crippen LogP contribution in [0.4, 0.5) is 0 Å². The van der Waals surface area contributed by atoms with Crippen molar-refractivity contribution in [1.82, 2.24) is 0 Å². The number of rotatable bonds is 10. The fourth-order valence-corrected chi connectivity index (χ4v) is 2.35. The Labute approximate surface area is 128 Å². The lowest BCUT2D eigenvalue weighted by atomic mass is 9.92. The van der Waals surface area contributed by atoms with E-state index < -0.39 is 12.0 Å². The van der Waals surface area contributed by atoms with E-state index in [1.807, 2.05) is 6.92 Å². The largest absolute Gasteiger partial charge is 0.468 e. The SMILES string of the molecule is COC(=O)C(N)COC(=O)C(C)CCCC(C)CC(C)C. The minimum absolute atomic E-state index is 0.125. The van der Waals surface area contributed by atoms with Crippen LogP contribution in [0.1, 0.15) is 53.4 Å². The van der Waals surface area contributed by atoms with Gasteiger partial charge in [-0.2, -0.15) is 0 Å². The van der Waals surface area contributed by atoms with Crippen LogP contribution in [-0.2, 0) is 19.1 Å². The monoisotopic (exact) mass is 301 g/mol. The molecule has 124 valence electrons. The van der Waals surface area contributed by atoms with Gasteiger partial charge in [0.15, 0.2) is 0 Å². The van der Waals surface area contributed by atoms with Crippen LogP contribution in [0, 0.1) is 17.8 Å². The molecule has 0 fully saturated rings. The van der Waals surface area contributed by atoms with E-state index in [1.54, 1.807) is 0 Å². The molecule has 0 aliphatic rings. The molecular formula is C16H31NO4. The summed E-state index contributed by atoms with van der Waals surface area (Å²) < 4.78 is 9.52. The highest BCUT2D eigenvalue weighted by atomic mass is 16.5. The lowest BCUT2D eigenvalue weighted by molar-refractivity contribution is -0.152. The van der Waals surface area contributed by atoms with Crippen molar-refractivity contribution in [3.63, 3.8) is 0 Å². The number of carbonyl (C=O) groups is 2. The van der Waals surface area contributed by atoms with Crippen LogP contribution in [-0.4, -0.2) is 31.7 Å². The Balaban J connectivity index is 3.87. The standard InChI is InChI=1S/C16H31NO4/c1-11(2)9-12(3)7-6-8-13(4)15(18)21-10-14(17)16(19)20-5/h11-14H,6-10,17H2,1-5H3. The minimum atomic E-state index is -0.905. The third-order valence-electron chi connectivity index (χ3n) is 3.52. The zero-order valence-corrected chi connectivity index (χ0v) is 14.1. The molecule has 0 rings (SSSR count). The summed E-state index contributed by atoms with van der Waals surface area (Å²) in [7, 11) is 1.25. The molecule has 0 spiro atoms. The fourth-order valence-electron chi connectivity index (χ4n) is 2.35. The Morgan fingerprint density at radius 1 is 1.05 bits per heavy atom. The van der Waals surface area contributed by atoms with Crippen LogP contribution in [0.3, 0.4) is 0 Å². The Kier molecular flexibility index (Phi) is 10.0. The Hall–Kier alpha value is -1.10. The molecule has 2 N–H and O–H groups in total. The van der Waals surface area contributed by atoms with Crippen molar-refractivity contribution in [3.05, 3.63) is 0 Å². The van der Waals surface area contributed by atoms with Crippen molar-refractivity contribution in [1.29, 1.82) is 0 Å². The third-order valence-corrected chi connectivity index (χ3v) is 3.52. The molecule has 0 heterocycles. The normalized spacial score (nSPS) is 15.4. The zero-order chi connectivity index (χ0) is 16.4. The van der Waals surface area contributed by atoms with Gasteiger partial charge < -0.3 is 15.2 Å². The predicted octanol–water partition coefficient (Wildman–Crippen LogP) is 2.52. The van der Waals surface area contributed by atoms with Gasteiger partial charge in [0.1, 0.15) is 12.6 Å². The van der Waals surface area contributed by atoms with Gasteiger partial charge in [-0.1, -0.05) is 40.5 Å². The van der Waals surface area contributed by atoms with Crippen LogP contribution >= 0.6 is 0 Å². The van der Waals surface area contributed by atoms with E-state index >= 15 is 0 Å². The van der Waals surface area contributed by atoms with Crippen molar-refractivity contribution >= 4 is 11.9 Å². The number of hydrogen-bond donors (Lipinski definition) is 1.